The fourth-order valence-corrected chi connectivity index (χ4v) is 2.65. The molecule has 1 aromatic carbocycles. The molecular formula is C14H20N2O. The normalized spacial score (nSPS) is 24.8. The molecule has 1 aliphatic rings. The lowest BCUT2D eigenvalue weighted by Crippen LogP contribution is -2.37. The van der Waals surface area contributed by atoms with Gasteiger partial charge in [0.1, 0.15) is 0 Å². The molecule has 17 heavy (non-hydrogen) atoms. The van der Waals surface area contributed by atoms with Crippen molar-refractivity contribution in [2.45, 2.75) is 45.3 Å². The van der Waals surface area contributed by atoms with E-state index in [2.05, 4.69) is 25.1 Å². The van der Waals surface area contributed by atoms with Crippen molar-refractivity contribution in [2.24, 2.45) is 5.73 Å². The zero-order valence-electron chi connectivity index (χ0n) is 10.7. The first kappa shape index (κ1) is 12.1. The Morgan fingerprint density at radius 1 is 1.41 bits per heavy atom. The molecule has 1 heterocycles. The van der Waals surface area contributed by atoms with Crippen molar-refractivity contribution in [3.05, 3.63) is 35.4 Å². The maximum atomic E-state index is 11.9. The van der Waals surface area contributed by atoms with Gasteiger partial charge in [-0.1, -0.05) is 29.8 Å². The van der Waals surface area contributed by atoms with E-state index in [4.69, 9.17) is 5.73 Å². The SMILES string of the molecule is Cc1cccc([C@@H]2[C@@H](N)CC(=O)N2C(C)C)c1. The second kappa shape index (κ2) is 4.49. The lowest BCUT2D eigenvalue weighted by molar-refractivity contribution is -0.130. The van der Waals surface area contributed by atoms with Crippen LogP contribution in [0.2, 0.25) is 0 Å². The van der Waals surface area contributed by atoms with Crippen LogP contribution < -0.4 is 5.73 Å². The average Bonchev–Trinajstić information content (AvgIpc) is 2.53. The molecule has 1 saturated heterocycles. The highest BCUT2D eigenvalue weighted by atomic mass is 16.2. The van der Waals surface area contributed by atoms with Crippen molar-refractivity contribution in [1.82, 2.24) is 4.90 Å². The molecule has 0 unspecified atom stereocenters. The van der Waals surface area contributed by atoms with E-state index in [1.54, 1.807) is 0 Å². The first-order chi connectivity index (χ1) is 8.00. The minimum absolute atomic E-state index is 0.0300. The molecule has 92 valence electrons. The molecule has 2 N–H and O–H groups in total. The summed E-state index contributed by atoms with van der Waals surface area (Å²) in [6.07, 6.45) is 0.455. The molecule has 0 radical (unpaired) electrons. The molecule has 0 aromatic heterocycles. The highest BCUT2D eigenvalue weighted by molar-refractivity contribution is 5.80. The third-order valence-corrected chi connectivity index (χ3v) is 3.34. The van der Waals surface area contributed by atoms with Gasteiger partial charge in [0.05, 0.1) is 6.04 Å². The summed E-state index contributed by atoms with van der Waals surface area (Å²) >= 11 is 0. The molecule has 1 amide bonds. The van der Waals surface area contributed by atoms with Crippen LogP contribution in [-0.4, -0.2) is 22.9 Å². The number of nitrogens with zero attached hydrogens (tertiary/aromatic N) is 1. The number of amides is 1. The van der Waals surface area contributed by atoms with Crippen molar-refractivity contribution in [1.29, 1.82) is 0 Å². The largest absolute Gasteiger partial charge is 0.332 e. The minimum atomic E-state index is -0.0910. The summed E-state index contributed by atoms with van der Waals surface area (Å²) in [4.78, 5) is 13.9. The summed E-state index contributed by atoms with van der Waals surface area (Å²) in [6, 6.07) is 8.41. The molecule has 1 fully saturated rings. The molecule has 2 rings (SSSR count). The second-order valence-electron chi connectivity index (χ2n) is 5.12. The summed E-state index contributed by atoms with van der Waals surface area (Å²) in [5.74, 6) is 0.166. The zero-order valence-corrected chi connectivity index (χ0v) is 10.7. The Hall–Kier alpha value is -1.35. The van der Waals surface area contributed by atoms with Crippen LogP contribution in [0, 0.1) is 6.92 Å². The standard InChI is InChI=1S/C14H20N2O/c1-9(2)16-13(17)8-12(15)14(16)11-6-4-5-10(3)7-11/h4-7,9,12,14H,8,15H2,1-3H3/t12-,14+/m0/s1. The summed E-state index contributed by atoms with van der Waals surface area (Å²) in [6.45, 7) is 6.14. The first-order valence-electron chi connectivity index (χ1n) is 6.14. The summed E-state index contributed by atoms with van der Waals surface area (Å²) < 4.78 is 0. The van der Waals surface area contributed by atoms with Gasteiger partial charge in [0.25, 0.3) is 0 Å². The molecule has 0 bridgehead atoms. The molecular weight excluding hydrogens is 212 g/mol. The maximum Gasteiger partial charge on any atom is 0.225 e. The van der Waals surface area contributed by atoms with Crippen LogP contribution in [0.1, 0.15) is 37.4 Å². The van der Waals surface area contributed by atoms with E-state index in [0.29, 0.717) is 6.42 Å². The molecule has 0 spiro atoms. The van der Waals surface area contributed by atoms with E-state index in [9.17, 15) is 4.79 Å². The fraction of sp³-hybridized carbons (Fsp3) is 0.500. The Kier molecular flexibility index (Phi) is 3.20. The minimum Gasteiger partial charge on any atom is -0.332 e. The quantitative estimate of drug-likeness (QED) is 0.847. The van der Waals surface area contributed by atoms with Crippen LogP contribution in [0.25, 0.3) is 0 Å². The van der Waals surface area contributed by atoms with Crippen LogP contribution in [-0.2, 0) is 4.79 Å². The lowest BCUT2D eigenvalue weighted by Gasteiger charge is -2.30. The molecule has 0 aliphatic carbocycles. The van der Waals surface area contributed by atoms with Gasteiger partial charge in [0, 0.05) is 18.5 Å². The third kappa shape index (κ3) is 2.20. The van der Waals surface area contributed by atoms with Gasteiger partial charge < -0.3 is 10.6 Å². The second-order valence-corrected chi connectivity index (χ2v) is 5.12. The zero-order chi connectivity index (χ0) is 12.6. The molecule has 1 aliphatic heterocycles. The van der Waals surface area contributed by atoms with Crippen LogP contribution in [0.3, 0.4) is 0 Å². The number of aryl methyl sites for hydroxylation is 1. The van der Waals surface area contributed by atoms with Gasteiger partial charge in [-0.2, -0.15) is 0 Å². The number of benzene rings is 1. The maximum absolute atomic E-state index is 11.9. The van der Waals surface area contributed by atoms with Gasteiger partial charge in [-0.25, -0.2) is 0 Å². The van der Waals surface area contributed by atoms with Crippen molar-refractivity contribution >= 4 is 5.91 Å². The Morgan fingerprint density at radius 2 is 2.12 bits per heavy atom. The van der Waals surface area contributed by atoms with Gasteiger partial charge >= 0.3 is 0 Å². The van der Waals surface area contributed by atoms with E-state index in [0.717, 1.165) is 5.56 Å². The van der Waals surface area contributed by atoms with Gasteiger partial charge in [-0.15, -0.1) is 0 Å². The van der Waals surface area contributed by atoms with Gasteiger partial charge in [0.15, 0.2) is 0 Å². The molecule has 0 saturated carbocycles. The lowest BCUT2D eigenvalue weighted by atomic mass is 9.98. The Balaban J connectivity index is 2.38. The van der Waals surface area contributed by atoms with Crippen molar-refractivity contribution in [2.75, 3.05) is 0 Å². The third-order valence-electron chi connectivity index (χ3n) is 3.34. The summed E-state index contributed by atoms with van der Waals surface area (Å²) in [5.41, 5.74) is 8.47. The Morgan fingerprint density at radius 3 is 2.71 bits per heavy atom. The van der Waals surface area contributed by atoms with Gasteiger partial charge in [-0.05, 0) is 26.3 Å². The fourth-order valence-electron chi connectivity index (χ4n) is 2.65. The van der Waals surface area contributed by atoms with Crippen LogP contribution in [0.15, 0.2) is 24.3 Å². The van der Waals surface area contributed by atoms with Gasteiger partial charge in [-0.3, -0.25) is 4.79 Å². The Bertz CT molecular complexity index is 428. The van der Waals surface area contributed by atoms with Crippen molar-refractivity contribution in [3.8, 4) is 0 Å². The van der Waals surface area contributed by atoms with E-state index in [1.165, 1.54) is 5.56 Å². The number of carbonyl (C=O) groups excluding carboxylic acids is 1. The number of nitrogens with two attached hydrogens (primary N) is 1. The number of likely N-dealkylation sites (tertiary alicyclic amines) is 1. The van der Waals surface area contributed by atoms with Crippen LogP contribution in [0.4, 0.5) is 0 Å². The number of hydrogen-bond acceptors (Lipinski definition) is 2. The Labute approximate surface area is 103 Å². The van der Waals surface area contributed by atoms with Crippen molar-refractivity contribution < 1.29 is 4.79 Å². The van der Waals surface area contributed by atoms with E-state index < -0.39 is 0 Å². The molecule has 3 nitrogen and oxygen atoms in total. The van der Waals surface area contributed by atoms with E-state index >= 15 is 0 Å². The van der Waals surface area contributed by atoms with Gasteiger partial charge in [0.2, 0.25) is 5.91 Å². The number of carbonyl (C=O) groups is 1. The monoisotopic (exact) mass is 232 g/mol. The topological polar surface area (TPSA) is 46.3 Å². The molecule has 1 aromatic rings. The molecule has 3 heteroatoms. The summed E-state index contributed by atoms with van der Waals surface area (Å²) in [5, 5.41) is 0. The first-order valence-corrected chi connectivity index (χ1v) is 6.14. The van der Waals surface area contributed by atoms with Crippen LogP contribution in [0.5, 0.6) is 0 Å². The van der Waals surface area contributed by atoms with Crippen molar-refractivity contribution in [3.63, 3.8) is 0 Å². The highest BCUT2D eigenvalue weighted by Crippen LogP contribution is 2.33. The molecule has 2 atom stereocenters. The average molecular weight is 232 g/mol. The van der Waals surface area contributed by atoms with Crippen LogP contribution >= 0.6 is 0 Å². The van der Waals surface area contributed by atoms with E-state index in [1.807, 2.05) is 24.8 Å². The number of rotatable bonds is 2. The summed E-state index contributed by atoms with van der Waals surface area (Å²) in [7, 11) is 0. The highest BCUT2D eigenvalue weighted by Gasteiger charge is 2.39. The number of hydrogen-bond donors (Lipinski definition) is 1. The van der Waals surface area contributed by atoms with E-state index in [-0.39, 0.29) is 24.0 Å². The smallest absolute Gasteiger partial charge is 0.225 e. The predicted octanol–water partition coefficient (Wildman–Crippen LogP) is 2.00. The predicted molar refractivity (Wildman–Crippen MR) is 68.5 cm³/mol.